The molecule has 4 heteroatoms. The van der Waals surface area contributed by atoms with E-state index >= 15 is 0 Å². The lowest BCUT2D eigenvalue weighted by Crippen LogP contribution is -2.51. The van der Waals surface area contributed by atoms with Gasteiger partial charge in [-0.1, -0.05) is 42.3 Å². The van der Waals surface area contributed by atoms with Gasteiger partial charge in [0.1, 0.15) is 5.60 Å². The number of carbonyl (C=O) groups excluding carboxylic acids is 1. The van der Waals surface area contributed by atoms with E-state index in [1.807, 2.05) is 13.0 Å². The first-order valence-corrected chi connectivity index (χ1v) is 12.7. The van der Waals surface area contributed by atoms with Gasteiger partial charge >= 0.3 is 0 Å². The van der Waals surface area contributed by atoms with Crippen molar-refractivity contribution in [3.05, 3.63) is 70.8 Å². The molecule has 4 nitrogen and oxygen atoms in total. The largest absolute Gasteiger partial charge is 0.378 e. The molecule has 2 aromatic carbocycles. The van der Waals surface area contributed by atoms with E-state index in [9.17, 15) is 9.90 Å². The second-order valence-corrected chi connectivity index (χ2v) is 10.4. The Morgan fingerprint density at radius 1 is 1.18 bits per heavy atom. The van der Waals surface area contributed by atoms with Crippen LogP contribution >= 0.6 is 0 Å². The number of ether oxygens (including phenoxy) is 1. The highest BCUT2D eigenvalue weighted by atomic mass is 16.5. The third-order valence-electron chi connectivity index (χ3n) is 8.25. The predicted molar refractivity (Wildman–Crippen MR) is 134 cm³/mol. The molecule has 0 spiro atoms. The molecule has 5 rings (SSSR count). The molecule has 3 aliphatic rings. The lowest BCUT2D eigenvalue weighted by atomic mass is 9.52. The van der Waals surface area contributed by atoms with E-state index in [1.54, 1.807) is 0 Å². The number of rotatable bonds is 5. The highest BCUT2D eigenvalue weighted by molar-refractivity contribution is 5.94. The van der Waals surface area contributed by atoms with Gasteiger partial charge < -0.3 is 15.2 Å². The minimum Gasteiger partial charge on any atom is -0.378 e. The lowest BCUT2D eigenvalue weighted by Gasteiger charge is -2.52. The van der Waals surface area contributed by atoms with Crippen LogP contribution in [0.1, 0.15) is 72.5 Å². The van der Waals surface area contributed by atoms with Crippen LogP contribution in [0, 0.1) is 17.8 Å². The Balaban J connectivity index is 1.44. The fourth-order valence-corrected chi connectivity index (χ4v) is 6.58. The number of hydrogen-bond acceptors (Lipinski definition) is 3. The summed E-state index contributed by atoms with van der Waals surface area (Å²) in [5.41, 5.74) is 3.77. The van der Waals surface area contributed by atoms with Crippen LogP contribution < -0.4 is 5.32 Å². The van der Waals surface area contributed by atoms with E-state index in [4.69, 9.17) is 4.74 Å². The minimum atomic E-state index is -0.890. The van der Waals surface area contributed by atoms with Crippen molar-refractivity contribution in [2.24, 2.45) is 5.92 Å². The van der Waals surface area contributed by atoms with Crippen molar-refractivity contribution >= 4 is 5.91 Å². The van der Waals surface area contributed by atoms with E-state index in [-0.39, 0.29) is 17.4 Å². The fourth-order valence-electron chi connectivity index (χ4n) is 6.58. The van der Waals surface area contributed by atoms with Crippen LogP contribution in [0.2, 0.25) is 0 Å². The molecule has 34 heavy (non-hydrogen) atoms. The van der Waals surface area contributed by atoms with Crippen molar-refractivity contribution in [3.8, 4) is 11.8 Å². The summed E-state index contributed by atoms with van der Waals surface area (Å²) >= 11 is 0. The van der Waals surface area contributed by atoms with Gasteiger partial charge in [0.05, 0.1) is 6.10 Å². The molecule has 1 heterocycles. The Morgan fingerprint density at radius 3 is 2.79 bits per heavy atom. The number of aliphatic hydroxyl groups is 1. The summed E-state index contributed by atoms with van der Waals surface area (Å²) in [4.78, 5) is 12.9. The van der Waals surface area contributed by atoms with Gasteiger partial charge in [-0.25, -0.2) is 0 Å². The van der Waals surface area contributed by atoms with Crippen LogP contribution in [0.3, 0.4) is 0 Å². The zero-order valence-corrected chi connectivity index (χ0v) is 20.1. The van der Waals surface area contributed by atoms with Crippen LogP contribution in [0.15, 0.2) is 48.5 Å². The van der Waals surface area contributed by atoms with Gasteiger partial charge in [-0.15, -0.1) is 5.92 Å². The van der Waals surface area contributed by atoms with Crippen LogP contribution in [0.4, 0.5) is 0 Å². The van der Waals surface area contributed by atoms with E-state index < -0.39 is 5.60 Å². The normalized spacial score (nSPS) is 29.9. The van der Waals surface area contributed by atoms with Crippen molar-refractivity contribution in [3.63, 3.8) is 0 Å². The summed E-state index contributed by atoms with van der Waals surface area (Å²) in [5.74, 6) is 6.40. The number of nitrogens with one attached hydrogen (secondary N) is 1. The molecular formula is C30H35NO3. The fraction of sp³-hybridized carbons (Fsp3) is 0.500. The minimum absolute atomic E-state index is 0.0197. The van der Waals surface area contributed by atoms with E-state index in [0.29, 0.717) is 25.3 Å². The molecule has 1 amide bonds. The maximum absolute atomic E-state index is 12.9. The molecule has 2 aliphatic carbocycles. The monoisotopic (exact) mass is 457 g/mol. The molecule has 178 valence electrons. The van der Waals surface area contributed by atoms with Gasteiger partial charge in [-0.3, -0.25) is 4.79 Å². The van der Waals surface area contributed by atoms with Crippen molar-refractivity contribution in [2.75, 3.05) is 13.2 Å². The quantitative estimate of drug-likeness (QED) is 0.647. The Hall–Kier alpha value is -2.61. The van der Waals surface area contributed by atoms with E-state index in [2.05, 4.69) is 59.6 Å². The zero-order valence-electron chi connectivity index (χ0n) is 20.1. The van der Waals surface area contributed by atoms with Crippen LogP contribution in [0.25, 0.3) is 0 Å². The Kier molecular flexibility index (Phi) is 6.51. The highest BCUT2D eigenvalue weighted by Crippen LogP contribution is 2.54. The van der Waals surface area contributed by atoms with Crippen LogP contribution in [-0.4, -0.2) is 35.9 Å². The van der Waals surface area contributed by atoms with Crippen molar-refractivity contribution < 1.29 is 14.6 Å². The molecule has 0 aromatic heterocycles. The number of amides is 1. The molecule has 4 atom stereocenters. The Bertz CT molecular complexity index is 1100. The smallest absolute Gasteiger partial charge is 0.251 e. The van der Waals surface area contributed by atoms with Crippen LogP contribution in [-0.2, 0) is 23.0 Å². The lowest BCUT2D eigenvalue weighted by molar-refractivity contribution is -0.00801. The van der Waals surface area contributed by atoms with Gasteiger partial charge in [0.15, 0.2) is 0 Å². The number of aryl methyl sites for hydroxylation is 1. The molecule has 1 saturated heterocycles. The molecular weight excluding hydrogens is 422 g/mol. The van der Waals surface area contributed by atoms with E-state index in [0.717, 1.165) is 50.7 Å². The van der Waals surface area contributed by atoms with Gasteiger partial charge in [0.25, 0.3) is 5.91 Å². The van der Waals surface area contributed by atoms with Gasteiger partial charge in [-0.05, 0) is 93.0 Å². The van der Waals surface area contributed by atoms with Crippen molar-refractivity contribution in [2.45, 2.75) is 75.4 Å². The summed E-state index contributed by atoms with van der Waals surface area (Å²) in [7, 11) is 0. The average molecular weight is 458 g/mol. The summed E-state index contributed by atoms with van der Waals surface area (Å²) in [5, 5.41) is 14.2. The molecule has 0 bridgehead atoms. The third-order valence-corrected chi connectivity index (χ3v) is 8.25. The maximum Gasteiger partial charge on any atom is 0.251 e. The van der Waals surface area contributed by atoms with Gasteiger partial charge in [-0.2, -0.15) is 0 Å². The first-order chi connectivity index (χ1) is 16.5. The molecule has 1 saturated carbocycles. The first-order valence-electron chi connectivity index (χ1n) is 12.7. The topological polar surface area (TPSA) is 58.6 Å². The predicted octanol–water partition coefficient (Wildman–Crippen LogP) is 4.58. The van der Waals surface area contributed by atoms with Gasteiger partial charge in [0.2, 0.25) is 0 Å². The second kappa shape index (κ2) is 9.56. The maximum atomic E-state index is 12.9. The number of fused-ring (bicyclic) bond motifs is 3. The number of benzene rings is 2. The Labute approximate surface area is 203 Å². The molecule has 0 radical (unpaired) electrons. The first kappa shape index (κ1) is 23.1. The summed E-state index contributed by atoms with van der Waals surface area (Å²) < 4.78 is 5.65. The summed E-state index contributed by atoms with van der Waals surface area (Å²) in [6.07, 6.45) is 7.41. The van der Waals surface area contributed by atoms with E-state index in [1.165, 1.54) is 16.7 Å². The molecule has 1 unspecified atom stereocenters. The molecule has 2 aromatic rings. The zero-order chi connectivity index (χ0) is 23.6. The number of carbonyl (C=O) groups is 1. The Morgan fingerprint density at radius 2 is 2.03 bits per heavy atom. The highest BCUT2D eigenvalue weighted by Gasteiger charge is 2.51. The molecule has 2 N–H and O–H groups in total. The number of hydrogen-bond donors (Lipinski definition) is 2. The van der Waals surface area contributed by atoms with Crippen LogP contribution in [0.5, 0.6) is 0 Å². The average Bonchev–Trinajstić information content (AvgIpc) is 3.37. The van der Waals surface area contributed by atoms with Crippen molar-refractivity contribution in [1.82, 2.24) is 5.32 Å². The molecule has 1 aliphatic heterocycles. The summed E-state index contributed by atoms with van der Waals surface area (Å²) in [6.45, 7) is 3.18. The van der Waals surface area contributed by atoms with Crippen molar-refractivity contribution in [1.29, 1.82) is 0 Å². The third kappa shape index (κ3) is 4.52. The SMILES string of the molecule is CC#C[C@@]1(O)CC[C@@]2(Cc3ccccc3)c3ccc(C(=O)NCC4CCCO4)cc3CC[C@@H]2C1. The standard InChI is InChI=1S/C30H35NO3/c1-2-14-29(33)15-16-30(19-22-7-4-3-5-8-22)25(20-29)12-10-23-18-24(11-13-27(23)30)28(32)31-21-26-9-6-17-34-26/h3-5,7-8,11,13,18,25-26,33H,6,9-10,12,15-17,19-21H2,1H3,(H,31,32)/t25-,26?,29-,30+/m1/s1. The summed E-state index contributed by atoms with van der Waals surface area (Å²) in [6, 6.07) is 17.0. The molecule has 2 fully saturated rings. The second-order valence-electron chi connectivity index (χ2n) is 10.4. The van der Waals surface area contributed by atoms with Gasteiger partial charge in [0, 0.05) is 24.1 Å².